The number of likely N-dealkylation sites (tertiary alicyclic amines) is 1. The van der Waals surface area contributed by atoms with Crippen LogP contribution < -0.4 is 5.32 Å². The number of hydrogen-bond donors (Lipinski definition) is 1. The Bertz CT molecular complexity index is 444. The van der Waals surface area contributed by atoms with Crippen molar-refractivity contribution in [2.45, 2.75) is 45.2 Å². The number of halogens is 3. The first-order chi connectivity index (χ1) is 9.47. The van der Waals surface area contributed by atoms with E-state index in [2.05, 4.69) is 40.0 Å². The van der Waals surface area contributed by atoms with E-state index in [9.17, 15) is 4.39 Å². The van der Waals surface area contributed by atoms with Crippen molar-refractivity contribution in [3.63, 3.8) is 0 Å². The number of nitrogens with zero attached hydrogens (tertiary/aromatic N) is 1. The molecule has 1 fully saturated rings. The molecule has 1 unspecified atom stereocenters. The van der Waals surface area contributed by atoms with Gasteiger partial charge in [-0.15, -0.1) is 0 Å². The van der Waals surface area contributed by atoms with Crippen LogP contribution in [0.2, 0.25) is 5.02 Å². The van der Waals surface area contributed by atoms with Crippen LogP contribution in [0, 0.1) is 5.82 Å². The lowest BCUT2D eigenvalue weighted by atomic mass is 10.1. The van der Waals surface area contributed by atoms with Crippen molar-refractivity contribution >= 4 is 33.2 Å². The molecule has 1 heterocycles. The fraction of sp³-hybridized carbons (Fsp3) is 0.600. The summed E-state index contributed by atoms with van der Waals surface area (Å²) in [6.07, 6.45) is 3.37. The Kier molecular flexibility index (Phi) is 5.70. The first-order valence-corrected chi connectivity index (χ1v) is 8.29. The minimum Gasteiger partial charge on any atom is -0.380 e. The maximum atomic E-state index is 13.2. The molecule has 112 valence electrons. The molecule has 1 aliphatic rings. The van der Waals surface area contributed by atoms with Crippen LogP contribution in [-0.2, 0) is 0 Å². The topological polar surface area (TPSA) is 15.3 Å². The zero-order valence-electron chi connectivity index (χ0n) is 11.9. The van der Waals surface area contributed by atoms with Gasteiger partial charge in [-0.2, -0.15) is 0 Å². The second kappa shape index (κ2) is 7.10. The maximum absolute atomic E-state index is 13.2. The summed E-state index contributed by atoms with van der Waals surface area (Å²) >= 11 is 9.51. The van der Waals surface area contributed by atoms with Crippen LogP contribution in [0.4, 0.5) is 10.1 Å². The Morgan fingerprint density at radius 1 is 1.35 bits per heavy atom. The Morgan fingerprint density at radius 2 is 2.10 bits per heavy atom. The fourth-order valence-electron chi connectivity index (χ4n) is 2.66. The third-order valence-corrected chi connectivity index (χ3v) is 4.77. The van der Waals surface area contributed by atoms with Gasteiger partial charge in [0.2, 0.25) is 0 Å². The van der Waals surface area contributed by atoms with Crippen molar-refractivity contribution in [1.82, 2.24) is 4.90 Å². The highest BCUT2D eigenvalue weighted by molar-refractivity contribution is 9.10. The molecule has 2 rings (SSSR count). The van der Waals surface area contributed by atoms with E-state index < -0.39 is 0 Å². The van der Waals surface area contributed by atoms with Crippen LogP contribution in [-0.4, -0.2) is 30.1 Å². The molecule has 1 atom stereocenters. The fourth-order valence-corrected chi connectivity index (χ4v) is 3.58. The van der Waals surface area contributed by atoms with Gasteiger partial charge in [0.1, 0.15) is 5.82 Å². The van der Waals surface area contributed by atoms with E-state index in [-0.39, 0.29) is 5.82 Å². The van der Waals surface area contributed by atoms with Crippen molar-refractivity contribution in [2.75, 3.05) is 18.4 Å². The molecule has 0 amide bonds. The summed E-state index contributed by atoms with van der Waals surface area (Å²) in [5.41, 5.74) is 0.802. The second-order valence-corrected chi connectivity index (χ2v) is 6.91. The van der Waals surface area contributed by atoms with E-state index in [4.69, 9.17) is 11.6 Å². The predicted molar refractivity (Wildman–Crippen MR) is 87.1 cm³/mol. The normalized spacial score (nSPS) is 21.0. The summed E-state index contributed by atoms with van der Waals surface area (Å²) in [7, 11) is 0. The molecule has 2 nitrogen and oxygen atoms in total. The Balaban J connectivity index is 2.04. The van der Waals surface area contributed by atoms with E-state index >= 15 is 0 Å². The molecule has 0 bridgehead atoms. The van der Waals surface area contributed by atoms with Crippen LogP contribution in [0.1, 0.15) is 33.1 Å². The SMILES string of the molecule is CC(C)N1CCCC(Nc2c(Cl)cc(F)cc2Br)CC1. The van der Waals surface area contributed by atoms with Gasteiger partial charge in [0, 0.05) is 23.1 Å². The predicted octanol–water partition coefficient (Wildman–Crippen LogP) is 4.92. The molecule has 1 saturated heterocycles. The smallest absolute Gasteiger partial charge is 0.125 e. The molecular weight excluding hydrogens is 343 g/mol. The lowest BCUT2D eigenvalue weighted by molar-refractivity contribution is 0.230. The minimum absolute atomic E-state index is 0.320. The molecule has 0 aliphatic carbocycles. The lowest BCUT2D eigenvalue weighted by Crippen LogP contribution is -2.32. The van der Waals surface area contributed by atoms with Crippen molar-refractivity contribution in [3.8, 4) is 0 Å². The van der Waals surface area contributed by atoms with Crippen LogP contribution in [0.5, 0.6) is 0 Å². The monoisotopic (exact) mass is 362 g/mol. The number of rotatable bonds is 3. The molecule has 0 spiro atoms. The Hall–Kier alpha value is -0.320. The van der Waals surface area contributed by atoms with Crippen molar-refractivity contribution < 1.29 is 4.39 Å². The maximum Gasteiger partial charge on any atom is 0.125 e. The van der Waals surface area contributed by atoms with Crippen LogP contribution in [0.3, 0.4) is 0 Å². The Morgan fingerprint density at radius 3 is 2.75 bits per heavy atom. The van der Waals surface area contributed by atoms with Gasteiger partial charge in [0.25, 0.3) is 0 Å². The summed E-state index contributed by atoms with van der Waals surface area (Å²) < 4.78 is 13.9. The summed E-state index contributed by atoms with van der Waals surface area (Å²) in [5.74, 6) is -0.320. The van der Waals surface area contributed by atoms with Crippen LogP contribution in [0.25, 0.3) is 0 Å². The number of benzene rings is 1. The van der Waals surface area contributed by atoms with Gasteiger partial charge in [-0.05, 0) is 67.7 Å². The number of anilines is 1. The quantitative estimate of drug-likeness (QED) is 0.820. The van der Waals surface area contributed by atoms with Gasteiger partial charge in [0.05, 0.1) is 10.7 Å². The Labute approximate surface area is 133 Å². The van der Waals surface area contributed by atoms with E-state index in [1.165, 1.54) is 18.6 Å². The lowest BCUT2D eigenvalue weighted by Gasteiger charge is -2.24. The molecule has 0 radical (unpaired) electrons. The van der Waals surface area contributed by atoms with Crippen LogP contribution in [0.15, 0.2) is 16.6 Å². The molecular formula is C15H21BrClFN2. The first-order valence-electron chi connectivity index (χ1n) is 7.12. The molecule has 20 heavy (non-hydrogen) atoms. The summed E-state index contributed by atoms with van der Waals surface area (Å²) in [4.78, 5) is 2.50. The van der Waals surface area contributed by atoms with E-state index in [0.717, 1.165) is 31.6 Å². The highest BCUT2D eigenvalue weighted by Gasteiger charge is 2.20. The van der Waals surface area contributed by atoms with Gasteiger partial charge in [-0.25, -0.2) is 4.39 Å². The average Bonchev–Trinajstić information content (AvgIpc) is 2.59. The van der Waals surface area contributed by atoms with Gasteiger partial charge in [0.15, 0.2) is 0 Å². The van der Waals surface area contributed by atoms with Gasteiger partial charge in [-0.3, -0.25) is 0 Å². The van der Waals surface area contributed by atoms with Crippen molar-refractivity contribution in [1.29, 1.82) is 0 Å². The highest BCUT2D eigenvalue weighted by atomic mass is 79.9. The summed E-state index contributed by atoms with van der Waals surface area (Å²) in [6, 6.07) is 3.78. The van der Waals surface area contributed by atoms with Gasteiger partial charge < -0.3 is 10.2 Å². The van der Waals surface area contributed by atoms with Crippen molar-refractivity contribution in [2.24, 2.45) is 0 Å². The first kappa shape index (κ1) is 16.1. The highest BCUT2D eigenvalue weighted by Crippen LogP contribution is 2.33. The summed E-state index contributed by atoms with van der Waals surface area (Å²) in [5, 5.41) is 3.90. The third kappa shape index (κ3) is 4.09. The molecule has 1 aromatic rings. The van der Waals surface area contributed by atoms with E-state index in [1.54, 1.807) is 0 Å². The standard InChI is InChI=1S/C15H21BrClFN2/c1-10(2)20-6-3-4-12(5-7-20)19-15-13(16)8-11(18)9-14(15)17/h8-10,12,19H,3-7H2,1-2H3. The van der Waals surface area contributed by atoms with Gasteiger partial charge in [-0.1, -0.05) is 11.6 Å². The third-order valence-electron chi connectivity index (χ3n) is 3.85. The molecule has 0 aromatic heterocycles. The van der Waals surface area contributed by atoms with Crippen LogP contribution >= 0.6 is 27.5 Å². The minimum atomic E-state index is -0.320. The zero-order valence-corrected chi connectivity index (χ0v) is 14.3. The molecule has 0 saturated carbocycles. The average molecular weight is 364 g/mol. The van der Waals surface area contributed by atoms with E-state index in [1.807, 2.05) is 0 Å². The largest absolute Gasteiger partial charge is 0.380 e. The summed E-state index contributed by atoms with van der Waals surface area (Å²) in [6.45, 7) is 6.71. The van der Waals surface area contributed by atoms with Gasteiger partial charge >= 0.3 is 0 Å². The molecule has 1 aliphatic heterocycles. The molecule has 5 heteroatoms. The van der Waals surface area contributed by atoms with Crippen molar-refractivity contribution in [3.05, 3.63) is 27.4 Å². The van der Waals surface area contributed by atoms with E-state index in [0.29, 0.717) is 21.6 Å². The number of nitrogens with one attached hydrogen (secondary N) is 1. The molecule has 1 aromatic carbocycles. The zero-order chi connectivity index (χ0) is 14.7. The molecule has 1 N–H and O–H groups in total. The number of hydrogen-bond acceptors (Lipinski definition) is 2. The second-order valence-electron chi connectivity index (χ2n) is 5.65.